The van der Waals surface area contributed by atoms with Crippen molar-refractivity contribution in [3.63, 3.8) is 0 Å². The van der Waals surface area contributed by atoms with Gasteiger partial charge in [-0.3, -0.25) is 9.69 Å². The molecule has 1 fully saturated rings. The average molecular weight is 335 g/mol. The van der Waals surface area contributed by atoms with Crippen molar-refractivity contribution >= 4 is 23.8 Å². The number of amides is 1. The number of hydrogen-bond donors (Lipinski definition) is 0. The van der Waals surface area contributed by atoms with Gasteiger partial charge in [0.2, 0.25) is 0 Å². The molecule has 23 heavy (non-hydrogen) atoms. The summed E-state index contributed by atoms with van der Waals surface area (Å²) in [5.41, 5.74) is 1.08. The normalized spacial score (nSPS) is 20.7. The molecule has 1 aliphatic heterocycles. The van der Waals surface area contributed by atoms with Crippen LogP contribution in [0, 0.1) is 0 Å². The maximum Gasteiger partial charge on any atom is 0.411 e. The van der Waals surface area contributed by atoms with E-state index in [-0.39, 0.29) is 23.5 Å². The van der Waals surface area contributed by atoms with Crippen LogP contribution in [0.4, 0.5) is 4.79 Å². The zero-order valence-electron chi connectivity index (χ0n) is 13.3. The number of hydrogen-bond acceptors (Lipinski definition) is 5. The maximum absolute atomic E-state index is 12.2. The standard InChI is InChI=1S/C17H21NO4S/c1-21-15(19)11-7-6-10-14-12-23-16(18(14)17(20)22-2)13-8-4-3-5-9-13/h3-6,8-10,14,16H,7,11-12H2,1-2H3. The second-order valence-electron chi connectivity index (χ2n) is 5.08. The number of esters is 1. The van der Waals surface area contributed by atoms with Gasteiger partial charge < -0.3 is 9.47 Å². The van der Waals surface area contributed by atoms with E-state index in [2.05, 4.69) is 4.74 Å². The molecule has 0 aliphatic carbocycles. The Morgan fingerprint density at radius 3 is 2.65 bits per heavy atom. The maximum atomic E-state index is 12.2. The van der Waals surface area contributed by atoms with Gasteiger partial charge in [0.05, 0.1) is 20.3 Å². The van der Waals surface area contributed by atoms with Crippen LogP contribution in [0.2, 0.25) is 0 Å². The third-order valence-electron chi connectivity index (χ3n) is 3.61. The van der Waals surface area contributed by atoms with Gasteiger partial charge in [-0.2, -0.15) is 0 Å². The second kappa shape index (κ2) is 8.62. The highest BCUT2D eigenvalue weighted by atomic mass is 32.2. The Kier molecular flexibility index (Phi) is 6.52. The number of carbonyl (C=O) groups is 2. The van der Waals surface area contributed by atoms with Crippen molar-refractivity contribution < 1.29 is 19.1 Å². The van der Waals surface area contributed by atoms with Gasteiger partial charge in [-0.15, -0.1) is 11.8 Å². The summed E-state index contributed by atoms with van der Waals surface area (Å²) in [5.74, 6) is 0.561. The van der Waals surface area contributed by atoms with E-state index in [0.29, 0.717) is 12.8 Å². The molecule has 0 saturated carbocycles. The van der Waals surface area contributed by atoms with Gasteiger partial charge in [0.25, 0.3) is 0 Å². The van der Waals surface area contributed by atoms with E-state index in [1.165, 1.54) is 14.2 Å². The van der Waals surface area contributed by atoms with Crippen molar-refractivity contribution in [3.05, 3.63) is 48.0 Å². The minimum absolute atomic E-state index is 0.0460. The Labute approximate surface area is 140 Å². The monoisotopic (exact) mass is 335 g/mol. The molecule has 1 aliphatic rings. The fraction of sp³-hybridized carbons (Fsp3) is 0.412. The second-order valence-corrected chi connectivity index (χ2v) is 6.20. The van der Waals surface area contributed by atoms with E-state index < -0.39 is 0 Å². The highest BCUT2D eigenvalue weighted by Gasteiger charge is 2.37. The molecule has 2 rings (SSSR count). The van der Waals surface area contributed by atoms with E-state index >= 15 is 0 Å². The molecule has 2 atom stereocenters. The smallest absolute Gasteiger partial charge is 0.411 e. The molecule has 0 N–H and O–H groups in total. The number of thioether (sulfide) groups is 1. The third kappa shape index (κ3) is 4.51. The Bertz CT molecular complexity index is 561. The van der Waals surface area contributed by atoms with Crippen LogP contribution in [0.5, 0.6) is 0 Å². The first-order chi connectivity index (χ1) is 11.2. The van der Waals surface area contributed by atoms with Crippen LogP contribution in [0.3, 0.4) is 0 Å². The number of nitrogens with zero attached hydrogens (tertiary/aromatic N) is 1. The summed E-state index contributed by atoms with van der Waals surface area (Å²) in [7, 11) is 2.77. The summed E-state index contributed by atoms with van der Waals surface area (Å²) in [5, 5.41) is -0.0566. The van der Waals surface area contributed by atoms with E-state index in [1.54, 1.807) is 16.7 Å². The topological polar surface area (TPSA) is 55.8 Å². The lowest BCUT2D eigenvalue weighted by atomic mass is 10.1. The van der Waals surface area contributed by atoms with Gasteiger partial charge in [0, 0.05) is 12.2 Å². The molecule has 1 saturated heterocycles. The summed E-state index contributed by atoms with van der Waals surface area (Å²) in [6.45, 7) is 0. The largest absolute Gasteiger partial charge is 0.469 e. The van der Waals surface area contributed by atoms with Crippen LogP contribution in [-0.2, 0) is 14.3 Å². The molecule has 124 valence electrons. The molecule has 1 aromatic carbocycles. The Morgan fingerprint density at radius 1 is 1.26 bits per heavy atom. The fourth-order valence-corrected chi connectivity index (χ4v) is 3.84. The summed E-state index contributed by atoms with van der Waals surface area (Å²) >= 11 is 1.71. The Morgan fingerprint density at radius 2 is 2.00 bits per heavy atom. The van der Waals surface area contributed by atoms with Crippen molar-refractivity contribution in [3.8, 4) is 0 Å². The first kappa shape index (κ1) is 17.4. The molecule has 1 amide bonds. The predicted octanol–water partition coefficient (Wildman–Crippen LogP) is 3.38. The van der Waals surface area contributed by atoms with Crippen LogP contribution in [0.15, 0.2) is 42.5 Å². The minimum Gasteiger partial charge on any atom is -0.469 e. The van der Waals surface area contributed by atoms with Crippen LogP contribution >= 0.6 is 11.8 Å². The van der Waals surface area contributed by atoms with Gasteiger partial charge in [0.15, 0.2) is 0 Å². The van der Waals surface area contributed by atoms with Crippen LogP contribution < -0.4 is 0 Å². The number of carbonyl (C=O) groups excluding carboxylic acids is 2. The van der Waals surface area contributed by atoms with Crippen molar-refractivity contribution in [2.75, 3.05) is 20.0 Å². The van der Waals surface area contributed by atoms with Gasteiger partial charge in [0.1, 0.15) is 5.37 Å². The third-order valence-corrected chi connectivity index (χ3v) is 4.95. The number of rotatable bonds is 5. The molecular formula is C17H21NO4S. The number of allylic oxidation sites excluding steroid dienone is 1. The first-order valence-electron chi connectivity index (χ1n) is 7.43. The van der Waals surface area contributed by atoms with Crippen molar-refractivity contribution in [2.45, 2.75) is 24.3 Å². The van der Waals surface area contributed by atoms with Gasteiger partial charge >= 0.3 is 12.1 Å². The highest BCUT2D eigenvalue weighted by Crippen LogP contribution is 2.41. The van der Waals surface area contributed by atoms with E-state index in [9.17, 15) is 9.59 Å². The number of ether oxygens (including phenoxy) is 2. The van der Waals surface area contributed by atoms with E-state index in [0.717, 1.165) is 11.3 Å². The SMILES string of the molecule is COC(=O)CCC=CC1CSC(c2ccccc2)N1C(=O)OC. The van der Waals surface area contributed by atoms with E-state index in [4.69, 9.17) is 4.74 Å². The molecule has 2 unspecified atom stereocenters. The lowest BCUT2D eigenvalue weighted by Gasteiger charge is -2.26. The number of benzene rings is 1. The number of methoxy groups -OCH3 is 2. The van der Waals surface area contributed by atoms with Crippen molar-refractivity contribution in [2.24, 2.45) is 0 Å². The van der Waals surface area contributed by atoms with Crippen LogP contribution in [0.25, 0.3) is 0 Å². The fourth-order valence-electron chi connectivity index (χ4n) is 2.44. The summed E-state index contributed by atoms with van der Waals surface area (Å²) in [6.07, 6.45) is 4.49. The Balaban J connectivity index is 2.06. The molecule has 0 radical (unpaired) electrons. The van der Waals surface area contributed by atoms with Gasteiger partial charge in [-0.05, 0) is 12.0 Å². The molecule has 0 bridgehead atoms. The lowest BCUT2D eigenvalue weighted by Crippen LogP contribution is -2.37. The molecule has 0 aromatic heterocycles. The van der Waals surface area contributed by atoms with E-state index in [1.807, 2.05) is 42.5 Å². The molecule has 1 heterocycles. The van der Waals surface area contributed by atoms with Gasteiger partial charge in [-0.25, -0.2) is 4.79 Å². The predicted molar refractivity (Wildman–Crippen MR) is 90.1 cm³/mol. The Hall–Kier alpha value is -1.95. The molecular weight excluding hydrogens is 314 g/mol. The summed E-state index contributed by atoms with van der Waals surface area (Å²) < 4.78 is 9.56. The summed E-state index contributed by atoms with van der Waals surface area (Å²) in [6, 6.07) is 9.86. The quantitative estimate of drug-likeness (QED) is 0.610. The average Bonchev–Trinajstić information content (AvgIpc) is 3.02. The zero-order valence-corrected chi connectivity index (χ0v) is 14.1. The highest BCUT2D eigenvalue weighted by molar-refractivity contribution is 7.99. The van der Waals surface area contributed by atoms with Crippen LogP contribution in [0.1, 0.15) is 23.8 Å². The minimum atomic E-state index is -0.341. The van der Waals surface area contributed by atoms with Crippen LogP contribution in [-0.4, -0.2) is 43.0 Å². The first-order valence-corrected chi connectivity index (χ1v) is 8.48. The molecule has 6 heteroatoms. The van der Waals surface area contributed by atoms with Crippen molar-refractivity contribution in [1.82, 2.24) is 4.90 Å². The summed E-state index contributed by atoms with van der Waals surface area (Å²) in [4.78, 5) is 25.0. The lowest BCUT2D eigenvalue weighted by molar-refractivity contribution is -0.140. The molecule has 5 nitrogen and oxygen atoms in total. The van der Waals surface area contributed by atoms with Crippen molar-refractivity contribution in [1.29, 1.82) is 0 Å². The molecule has 1 aromatic rings. The van der Waals surface area contributed by atoms with Gasteiger partial charge in [-0.1, -0.05) is 42.5 Å². The zero-order chi connectivity index (χ0) is 16.7. The molecule has 0 spiro atoms.